The van der Waals surface area contributed by atoms with Gasteiger partial charge in [0.2, 0.25) is 5.91 Å². The minimum Gasteiger partial charge on any atom is -0.463 e. The molecule has 0 saturated heterocycles. The zero-order valence-electron chi connectivity index (χ0n) is 17.5. The number of aryl methyl sites for hydroxylation is 2. The van der Waals surface area contributed by atoms with E-state index in [2.05, 4.69) is 17.6 Å². The first-order valence-electron chi connectivity index (χ1n) is 9.79. The number of benzene rings is 1. The van der Waals surface area contributed by atoms with Crippen molar-refractivity contribution in [3.05, 3.63) is 35.4 Å². The minimum atomic E-state index is -2.07. The van der Waals surface area contributed by atoms with Crippen LogP contribution < -0.4 is 10.6 Å². The zero-order chi connectivity index (χ0) is 21.2. The van der Waals surface area contributed by atoms with Gasteiger partial charge in [-0.05, 0) is 51.7 Å². The van der Waals surface area contributed by atoms with Gasteiger partial charge in [0.1, 0.15) is 0 Å². The number of hydrogen-bond acceptors (Lipinski definition) is 6. The maximum Gasteiger partial charge on any atom is 0.359 e. The predicted octanol–water partition coefficient (Wildman–Crippen LogP) is 2.12. The molecule has 7 heteroatoms. The summed E-state index contributed by atoms with van der Waals surface area (Å²) in [7, 11) is 0. The molecule has 0 aliphatic carbocycles. The van der Waals surface area contributed by atoms with Crippen LogP contribution in [0.3, 0.4) is 0 Å². The first-order chi connectivity index (χ1) is 13.3. The molecule has 0 radical (unpaired) electrons. The lowest BCUT2D eigenvalue weighted by Crippen LogP contribution is -2.71. The second-order valence-electron chi connectivity index (χ2n) is 6.71. The van der Waals surface area contributed by atoms with Gasteiger partial charge < -0.3 is 14.8 Å². The summed E-state index contributed by atoms with van der Waals surface area (Å²) >= 11 is 0. The highest BCUT2D eigenvalue weighted by Crippen LogP contribution is 2.12. The molecule has 0 aromatic heterocycles. The molecule has 2 N–H and O–H groups in total. The molecular formula is C21H32N2O5. The number of rotatable bonds is 11. The van der Waals surface area contributed by atoms with Crippen LogP contribution >= 0.6 is 0 Å². The molecule has 0 unspecified atom stereocenters. The van der Waals surface area contributed by atoms with Crippen LogP contribution in [-0.4, -0.2) is 42.8 Å². The van der Waals surface area contributed by atoms with Gasteiger partial charge in [-0.3, -0.25) is 10.1 Å². The van der Waals surface area contributed by atoms with E-state index < -0.39 is 23.5 Å². The van der Waals surface area contributed by atoms with Gasteiger partial charge in [0.25, 0.3) is 5.66 Å². The average molecular weight is 392 g/mol. The largest absolute Gasteiger partial charge is 0.463 e. The highest BCUT2D eigenvalue weighted by molar-refractivity contribution is 6.07. The Morgan fingerprint density at radius 3 is 1.86 bits per heavy atom. The van der Waals surface area contributed by atoms with Gasteiger partial charge in [-0.15, -0.1) is 0 Å². The fourth-order valence-electron chi connectivity index (χ4n) is 2.72. The van der Waals surface area contributed by atoms with E-state index in [0.29, 0.717) is 6.42 Å². The van der Waals surface area contributed by atoms with Crippen molar-refractivity contribution in [2.75, 3.05) is 13.2 Å². The first kappa shape index (κ1) is 23.6. The highest BCUT2D eigenvalue weighted by Gasteiger charge is 2.51. The minimum absolute atomic E-state index is 0.0689. The second-order valence-corrected chi connectivity index (χ2v) is 6.71. The first-order valence-corrected chi connectivity index (χ1v) is 9.79. The van der Waals surface area contributed by atoms with Crippen molar-refractivity contribution in [1.29, 1.82) is 0 Å². The van der Waals surface area contributed by atoms with Gasteiger partial charge >= 0.3 is 11.9 Å². The molecule has 0 aliphatic heterocycles. The van der Waals surface area contributed by atoms with E-state index in [9.17, 15) is 14.4 Å². The Balaban J connectivity index is 2.96. The Kier molecular flexibility index (Phi) is 9.65. The Labute approximate surface area is 167 Å². The number of amides is 1. The van der Waals surface area contributed by atoms with E-state index in [1.807, 2.05) is 24.3 Å². The quantitative estimate of drug-likeness (QED) is 0.340. The van der Waals surface area contributed by atoms with Crippen molar-refractivity contribution >= 4 is 17.8 Å². The van der Waals surface area contributed by atoms with Crippen LogP contribution in [0, 0.1) is 0 Å². The predicted molar refractivity (Wildman–Crippen MR) is 107 cm³/mol. The molecule has 28 heavy (non-hydrogen) atoms. The maximum atomic E-state index is 12.6. The van der Waals surface area contributed by atoms with Crippen LogP contribution in [0.5, 0.6) is 0 Å². The summed E-state index contributed by atoms with van der Waals surface area (Å²) in [6.45, 7) is 8.99. The Morgan fingerprint density at radius 1 is 0.929 bits per heavy atom. The summed E-state index contributed by atoms with van der Waals surface area (Å²) in [5.41, 5.74) is 0.156. The molecule has 1 aromatic carbocycles. The Bertz CT molecular complexity index is 637. The lowest BCUT2D eigenvalue weighted by Gasteiger charge is -2.32. The lowest BCUT2D eigenvalue weighted by atomic mass is 10.0. The van der Waals surface area contributed by atoms with Gasteiger partial charge in [0.15, 0.2) is 0 Å². The standard InChI is InChI=1S/C21H32N2O5/c1-6-16-9-11-17(12-10-16)13-14-18(24)23-21(22-15(4)5,19(25)27-7-2)20(26)28-8-3/h9-12,15,22H,6-8,13-14H2,1-5H3,(H,23,24). The normalized spacial score (nSPS) is 11.2. The third-order valence-electron chi connectivity index (χ3n) is 4.07. The third kappa shape index (κ3) is 6.64. The van der Waals surface area contributed by atoms with Gasteiger partial charge in [-0.2, -0.15) is 0 Å². The van der Waals surface area contributed by atoms with Crippen LogP contribution in [-0.2, 0) is 36.7 Å². The Hall–Kier alpha value is -2.41. The molecule has 0 aliphatic rings. The zero-order valence-corrected chi connectivity index (χ0v) is 17.5. The fraction of sp³-hybridized carbons (Fsp3) is 0.571. The van der Waals surface area contributed by atoms with E-state index in [-0.39, 0.29) is 25.7 Å². The van der Waals surface area contributed by atoms with Crippen molar-refractivity contribution in [3.63, 3.8) is 0 Å². The van der Waals surface area contributed by atoms with E-state index in [1.165, 1.54) is 5.56 Å². The number of carbonyl (C=O) groups excluding carboxylic acids is 3. The summed E-state index contributed by atoms with van der Waals surface area (Å²) in [6.07, 6.45) is 1.55. The van der Waals surface area contributed by atoms with Crippen LogP contribution in [0.15, 0.2) is 24.3 Å². The smallest absolute Gasteiger partial charge is 0.359 e. The number of ether oxygens (including phenoxy) is 2. The van der Waals surface area contributed by atoms with Gasteiger partial charge in [0.05, 0.1) is 13.2 Å². The summed E-state index contributed by atoms with van der Waals surface area (Å²) in [6, 6.07) is 7.71. The van der Waals surface area contributed by atoms with Crippen molar-refractivity contribution in [2.45, 2.75) is 65.6 Å². The monoisotopic (exact) mass is 392 g/mol. The van der Waals surface area contributed by atoms with E-state index >= 15 is 0 Å². The summed E-state index contributed by atoms with van der Waals surface area (Å²) in [4.78, 5) is 37.8. The van der Waals surface area contributed by atoms with Crippen LogP contribution in [0.1, 0.15) is 52.2 Å². The van der Waals surface area contributed by atoms with Gasteiger partial charge in [-0.1, -0.05) is 31.2 Å². The molecule has 0 spiro atoms. The van der Waals surface area contributed by atoms with E-state index in [0.717, 1.165) is 12.0 Å². The van der Waals surface area contributed by atoms with Crippen molar-refractivity contribution < 1.29 is 23.9 Å². The molecule has 0 bridgehead atoms. The third-order valence-corrected chi connectivity index (χ3v) is 4.07. The second kappa shape index (κ2) is 11.4. The molecular weight excluding hydrogens is 360 g/mol. The lowest BCUT2D eigenvalue weighted by molar-refractivity contribution is -0.171. The van der Waals surface area contributed by atoms with Crippen LogP contribution in [0.4, 0.5) is 0 Å². The fourth-order valence-corrected chi connectivity index (χ4v) is 2.72. The van der Waals surface area contributed by atoms with Crippen LogP contribution in [0.25, 0.3) is 0 Å². The molecule has 0 heterocycles. The highest BCUT2D eigenvalue weighted by atomic mass is 16.6. The van der Waals surface area contributed by atoms with Gasteiger partial charge in [-0.25, -0.2) is 9.59 Å². The van der Waals surface area contributed by atoms with Crippen LogP contribution in [0.2, 0.25) is 0 Å². The number of hydrogen-bond donors (Lipinski definition) is 2. The van der Waals surface area contributed by atoms with E-state index in [4.69, 9.17) is 9.47 Å². The maximum absolute atomic E-state index is 12.6. The number of carbonyl (C=O) groups is 3. The topological polar surface area (TPSA) is 93.7 Å². The summed E-state index contributed by atoms with van der Waals surface area (Å²) in [5, 5.41) is 5.35. The van der Waals surface area contributed by atoms with Gasteiger partial charge in [0, 0.05) is 12.5 Å². The molecule has 156 valence electrons. The molecule has 1 amide bonds. The molecule has 7 nitrogen and oxygen atoms in total. The molecule has 0 atom stereocenters. The molecule has 0 fully saturated rings. The number of esters is 2. The number of nitrogens with one attached hydrogen (secondary N) is 2. The van der Waals surface area contributed by atoms with E-state index in [1.54, 1.807) is 27.7 Å². The SMILES string of the molecule is CCOC(=O)C(NC(=O)CCc1ccc(CC)cc1)(NC(C)C)C(=O)OCC. The molecule has 0 saturated carbocycles. The van der Waals surface area contributed by atoms with Crippen molar-refractivity contribution in [2.24, 2.45) is 0 Å². The molecule has 1 aromatic rings. The van der Waals surface area contributed by atoms with Crippen molar-refractivity contribution in [1.82, 2.24) is 10.6 Å². The summed E-state index contributed by atoms with van der Waals surface area (Å²) in [5.74, 6) is -2.22. The Morgan fingerprint density at radius 2 is 1.43 bits per heavy atom. The summed E-state index contributed by atoms with van der Waals surface area (Å²) < 4.78 is 10.1. The average Bonchev–Trinajstić information content (AvgIpc) is 2.66. The van der Waals surface area contributed by atoms with Crippen molar-refractivity contribution in [3.8, 4) is 0 Å². The molecule has 1 rings (SSSR count).